The topological polar surface area (TPSA) is 38.3 Å². The molecule has 0 bridgehead atoms. The maximum absolute atomic E-state index is 12.6. The Morgan fingerprint density at radius 1 is 1.37 bits per heavy atom. The number of halogens is 3. The van der Waals surface area contributed by atoms with Gasteiger partial charge in [0.1, 0.15) is 5.75 Å². The SMILES string of the molecule is C/C=S(/Oc1ccc2c(c1)NC(=O)CC2)C(F)(F)F. The second-order valence-electron chi connectivity index (χ2n) is 3.93. The minimum absolute atomic E-state index is 0.0970. The highest BCUT2D eigenvalue weighted by molar-refractivity contribution is 8.11. The Hall–Kier alpha value is -1.50. The molecule has 0 spiro atoms. The van der Waals surface area contributed by atoms with Gasteiger partial charge in [-0.3, -0.25) is 4.79 Å². The Morgan fingerprint density at radius 2 is 2.11 bits per heavy atom. The van der Waals surface area contributed by atoms with Gasteiger partial charge in [0.25, 0.3) is 0 Å². The van der Waals surface area contributed by atoms with Gasteiger partial charge in [-0.05, 0) is 30.3 Å². The fourth-order valence-corrected chi connectivity index (χ4v) is 2.50. The lowest BCUT2D eigenvalue weighted by atomic mass is 10.0. The summed E-state index contributed by atoms with van der Waals surface area (Å²) in [6, 6.07) is 4.60. The maximum atomic E-state index is 12.6. The van der Waals surface area contributed by atoms with Crippen molar-refractivity contribution in [3.05, 3.63) is 23.8 Å². The quantitative estimate of drug-likeness (QED) is 0.847. The van der Waals surface area contributed by atoms with Crippen molar-refractivity contribution < 1.29 is 22.1 Å². The van der Waals surface area contributed by atoms with Gasteiger partial charge in [0.2, 0.25) is 5.91 Å². The molecule has 0 saturated heterocycles. The van der Waals surface area contributed by atoms with Crippen LogP contribution in [0.3, 0.4) is 0 Å². The van der Waals surface area contributed by atoms with Crippen LogP contribution in [0.4, 0.5) is 18.9 Å². The number of hydrogen-bond donors (Lipinski definition) is 1. The van der Waals surface area contributed by atoms with Crippen molar-refractivity contribution in [2.75, 3.05) is 5.32 Å². The smallest absolute Gasteiger partial charge is 0.426 e. The first-order valence-corrected chi connectivity index (χ1v) is 6.82. The van der Waals surface area contributed by atoms with Crippen molar-refractivity contribution in [3.63, 3.8) is 0 Å². The molecule has 1 amide bonds. The van der Waals surface area contributed by atoms with Crippen LogP contribution in [-0.2, 0) is 11.2 Å². The number of aryl methyl sites for hydroxylation is 1. The summed E-state index contributed by atoms with van der Waals surface area (Å²) in [5.41, 5.74) is -3.00. The van der Waals surface area contributed by atoms with Gasteiger partial charge in [0.15, 0.2) is 0 Å². The van der Waals surface area contributed by atoms with Crippen LogP contribution in [0.15, 0.2) is 18.2 Å². The van der Waals surface area contributed by atoms with E-state index in [0.717, 1.165) is 10.9 Å². The Bertz CT molecular complexity index is 540. The molecule has 3 nitrogen and oxygen atoms in total. The lowest BCUT2D eigenvalue weighted by Gasteiger charge is -2.19. The van der Waals surface area contributed by atoms with Crippen molar-refractivity contribution in [1.82, 2.24) is 0 Å². The van der Waals surface area contributed by atoms with Crippen molar-refractivity contribution in [2.45, 2.75) is 25.3 Å². The average Bonchev–Trinajstić information content (AvgIpc) is 2.34. The van der Waals surface area contributed by atoms with E-state index >= 15 is 0 Å². The minimum atomic E-state index is -4.42. The number of hydrogen-bond acceptors (Lipinski definition) is 2. The van der Waals surface area contributed by atoms with E-state index in [0.29, 0.717) is 18.5 Å². The van der Waals surface area contributed by atoms with Gasteiger partial charge < -0.3 is 9.50 Å². The first kappa shape index (κ1) is 13.9. The summed E-state index contributed by atoms with van der Waals surface area (Å²) in [5.74, 6) is -0.0405. The molecule has 0 aliphatic carbocycles. The highest BCUT2D eigenvalue weighted by Crippen LogP contribution is 2.39. The fraction of sp³-hybridized carbons (Fsp3) is 0.333. The lowest BCUT2D eigenvalue weighted by molar-refractivity contribution is -0.116. The van der Waals surface area contributed by atoms with Gasteiger partial charge >= 0.3 is 5.51 Å². The Labute approximate surface area is 110 Å². The number of alkyl halides is 3. The number of amides is 1. The van der Waals surface area contributed by atoms with Gasteiger partial charge in [0.05, 0.1) is 10.8 Å². The zero-order valence-corrected chi connectivity index (χ0v) is 10.9. The van der Waals surface area contributed by atoms with E-state index in [4.69, 9.17) is 4.18 Å². The Kier molecular flexibility index (Phi) is 3.84. The highest BCUT2D eigenvalue weighted by Gasteiger charge is 2.34. The van der Waals surface area contributed by atoms with Crippen LogP contribution in [0.25, 0.3) is 0 Å². The van der Waals surface area contributed by atoms with Crippen LogP contribution in [0.5, 0.6) is 5.75 Å². The van der Waals surface area contributed by atoms with E-state index in [1.165, 1.54) is 19.1 Å². The summed E-state index contributed by atoms with van der Waals surface area (Å²) in [6.45, 7) is 1.30. The molecule has 0 fully saturated rings. The van der Waals surface area contributed by atoms with Gasteiger partial charge in [-0.1, -0.05) is 6.07 Å². The number of rotatable bonds is 2. The lowest BCUT2D eigenvalue weighted by Crippen LogP contribution is -2.18. The van der Waals surface area contributed by atoms with Crippen molar-refractivity contribution in [1.29, 1.82) is 0 Å². The van der Waals surface area contributed by atoms with Crippen LogP contribution >= 0.6 is 10.8 Å². The van der Waals surface area contributed by atoms with E-state index in [1.807, 2.05) is 0 Å². The Balaban J connectivity index is 2.23. The molecule has 1 N–H and O–H groups in total. The molecular weight excluding hydrogens is 279 g/mol. The van der Waals surface area contributed by atoms with E-state index < -0.39 is 16.3 Å². The summed E-state index contributed by atoms with van der Waals surface area (Å²) in [7, 11) is -2.25. The van der Waals surface area contributed by atoms with E-state index in [9.17, 15) is 18.0 Å². The predicted octanol–water partition coefficient (Wildman–Crippen LogP) is 3.48. The van der Waals surface area contributed by atoms with Gasteiger partial charge in [-0.2, -0.15) is 13.2 Å². The molecule has 1 atom stereocenters. The van der Waals surface area contributed by atoms with Crippen LogP contribution in [0, 0.1) is 0 Å². The van der Waals surface area contributed by atoms with Crippen molar-refractivity contribution >= 4 is 27.7 Å². The molecule has 1 unspecified atom stereocenters. The predicted molar refractivity (Wildman–Crippen MR) is 69.4 cm³/mol. The van der Waals surface area contributed by atoms with Crippen molar-refractivity contribution in [3.8, 4) is 5.75 Å². The third-order valence-electron chi connectivity index (χ3n) is 2.61. The van der Waals surface area contributed by atoms with Gasteiger partial charge in [0, 0.05) is 18.2 Å². The molecule has 104 valence electrons. The van der Waals surface area contributed by atoms with E-state index in [2.05, 4.69) is 5.32 Å². The normalized spacial score (nSPS) is 16.7. The number of fused-ring (bicyclic) bond motifs is 1. The van der Waals surface area contributed by atoms with E-state index in [-0.39, 0.29) is 11.7 Å². The number of nitrogens with one attached hydrogen (secondary N) is 1. The second-order valence-corrected chi connectivity index (χ2v) is 5.63. The number of anilines is 1. The van der Waals surface area contributed by atoms with Crippen LogP contribution in [0.2, 0.25) is 0 Å². The summed E-state index contributed by atoms with van der Waals surface area (Å²) in [6.07, 6.45) is 0.981. The standard InChI is InChI=1S/C12H12F3NO2S/c1-2-19(12(13,14)15)18-9-5-3-8-4-6-11(17)16-10(8)7-9/h2-3,5,7H,4,6H2,1H3,(H,16,17). The maximum Gasteiger partial charge on any atom is 0.470 e. The molecule has 19 heavy (non-hydrogen) atoms. The molecule has 0 saturated carbocycles. The molecule has 1 aliphatic rings. The number of benzene rings is 1. The molecule has 1 aromatic rings. The molecule has 0 radical (unpaired) electrons. The third kappa shape index (κ3) is 3.28. The largest absolute Gasteiger partial charge is 0.470 e. The average molecular weight is 291 g/mol. The monoisotopic (exact) mass is 291 g/mol. The third-order valence-corrected chi connectivity index (χ3v) is 3.86. The first-order valence-electron chi connectivity index (χ1n) is 5.60. The summed E-state index contributed by atoms with van der Waals surface area (Å²) in [5, 5.41) is 3.59. The van der Waals surface area contributed by atoms with Crippen molar-refractivity contribution in [2.24, 2.45) is 0 Å². The molecule has 1 aliphatic heterocycles. The van der Waals surface area contributed by atoms with Crippen LogP contribution in [0.1, 0.15) is 18.9 Å². The number of carbonyl (C=O) groups excluding carboxylic acids is 1. The molecule has 0 aromatic heterocycles. The summed E-state index contributed by atoms with van der Waals surface area (Å²) in [4.78, 5) is 11.2. The first-order chi connectivity index (χ1) is 8.90. The molecule has 1 aromatic carbocycles. The second kappa shape index (κ2) is 5.24. The van der Waals surface area contributed by atoms with Crippen LogP contribution < -0.4 is 9.50 Å². The molecule has 7 heteroatoms. The minimum Gasteiger partial charge on any atom is -0.426 e. The molecular formula is C12H12F3NO2S. The van der Waals surface area contributed by atoms with E-state index in [1.54, 1.807) is 6.07 Å². The number of carbonyl (C=O) groups is 1. The van der Waals surface area contributed by atoms with Gasteiger partial charge in [-0.15, -0.1) is 0 Å². The summed E-state index contributed by atoms with van der Waals surface area (Å²) < 4.78 is 42.7. The zero-order chi connectivity index (χ0) is 14.0. The molecule has 1 heterocycles. The zero-order valence-electron chi connectivity index (χ0n) is 10.1. The molecule has 2 rings (SSSR count). The van der Waals surface area contributed by atoms with Gasteiger partial charge in [-0.25, -0.2) is 0 Å². The Morgan fingerprint density at radius 3 is 2.74 bits per heavy atom. The fourth-order valence-electron chi connectivity index (χ4n) is 1.74. The van der Waals surface area contributed by atoms with Crippen LogP contribution in [-0.4, -0.2) is 16.8 Å². The summed E-state index contributed by atoms with van der Waals surface area (Å²) >= 11 is 0. The highest BCUT2D eigenvalue weighted by atomic mass is 32.2.